The fraction of sp³-hybridized carbons (Fsp3) is 0.267. The zero-order chi connectivity index (χ0) is 15.9. The molecule has 0 amide bonds. The minimum Gasteiger partial charge on any atom is -0.491 e. The van der Waals surface area contributed by atoms with Gasteiger partial charge in [-0.05, 0) is 19.1 Å². The van der Waals surface area contributed by atoms with E-state index >= 15 is 0 Å². The Bertz CT molecular complexity index is 660. The van der Waals surface area contributed by atoms with Crippen molar-refractivity contribution in [1.82, 2.24) is 4.98 Å². The molecule has 0 saturated heterocycles. The summed E-state index contributed by atoms with van der Waals surface area (Å²) in [6.07, 6.45) is 1.17. The Morgan fingerprint density at radius 1 is 1.23 bits per heavy atom. The van der Waals surface area contributed by atoms with E-state index in [1.54, 1.807) is 38.3 Å². The lowest BCUT2D eigenvalue weighted by Gasteiger charge is -2.09. The number of ether oxygens (including phenoxy) is 3. The highest BCUT2D eigenvalue weighted by molar-refractivity contribution is 5.40. The Balaban J connectivity index is 2.10. The Hall–Kier alpha value is -2.67. The molecule has 2 rings (SSSR count). The van der Waals surface area contributed by atoms with Gasteiger partial charge in [0.1, 0.15) is 24.3 Å². The third-order valence-electron chi connectivity index (χ3n) is 2.80. The third-order valence-corrected chi connectivity index (χ3v) is 2.80. The number of hydrogen-bond acceptors (Lipinski definition) is 6. The molecule has 0 radical (unpaired) electrons. The second-order valence-electron chi connectivity index (χ2n) is 4.49. The molecule has 0 aliphatic heterocycles. The van der Waals surface area contributed by atoms with Crippen LogP contribution in [0.5, 0.6) is 17.4 Å². The lowest BCUT2D eigenvalue weighted by Crippen LogP contribution is -2.04. The molecule has 22 heavy (non-hydrogen) atoms. The molecule has 0 aliphatic carbocycles. The largest absolute Gasteiger partial charge is 0.491 e. The standard InChI is InChI=1S/C15H16N2O5/c1-11-8-12(17(18)19)10-16-15(11)22-14-5-3-4-13(9-14)21-7-6-20-2/h3-5,8-10H,6-7H2,1-2H3. The van der Waals surface area contributed by atoms with Crippen molar-refractivity contribution in [2.24, 2.45) is 0 Å². The first-order valence-electron chi connectivity index (χ1n) is 6.61. The van der Waals surface area contributed by atoms with E-state index < -0.39 is 4.92 Å². The fourth-order valence-corrected chi connectivity index (χ4v) is 1.74. The number of benzene rings is 1. The molecule has 1 aromatic heterocycles. The van der Waals surface area contributed by atoms with E-state index in [0.717, 1.165) is 0 Å². The lowest BCUT2D eigenvalue weighted by molar-refractivity contribution is -0.385. The molecule has 0 unspecified atom stereocenters. The van der Waals surface area contributed by atoms with E-state index in [1.165, 1.54) is 12.3 Å². The van der Waals surface area contributed by atoms with E-state index in [-0.39, 0.29) is 5.69 Å². The first-order chi connectivity index (χ1) is 10.6. The maximum atomic E-state index is 10.7. The highest BCUT2D eigenvalue weighted by atomic mass is 16.6. The molecule has 1 heterocycles. The normalized spacial score (nSPS) is 10.3. The molecule has 7 heteroatoms. The molecule has 0 atom stereocenters. The van der Waals surface area contributed by atoms with E-state index in [4.69, 9.17) is 14.2 Å². The van der Waals surface area contributed by atoms with E-state index in [2.05, 4.69) is 4.98 Å². The van der Waals surface area contributed by atoms with Gasteiger partial charge in [0.05, 0.1) is 11.5 Å². The van der Waals surface area contributed by atoms with Crippen LogP contribution >= 0.6 is 0 Å². The molecule has 7 nitrogen and oxygen atoms in total. The van der Waals surface area contributed by atoms with Crippen LogP contribution in [0.4, 0.5) is 5.69 Å². The van der Waals surface area contributed by atoms with Gasteiger partial charge in [0.25, 0.3) is 5.69 Å². The number of hydrogen-bond donors (Lipinski definition) is 0. The van der Waals surface area contributed by atoms with Gasteiger partial charge in [-0.2, -0.15) is 0 Å². The first kappa shape index (κ1) is 15.7. The van der Waals surface area contributed by atoms with Crippen LogP contribution in [0.15, 0.2) is 36.5 Å². The monoisotopic (exact) mass is 304 g/mol. The predicted octanol–water partition coefficient (Wildman–Crippen LogP) is 3.12. The minimum absolute atomic E-state index is 0.0681. The number of aromatic nitrogens is 1. The van der Waals surface area contributed by atoms with Gasteiger partial charge in [0.15, 0.2) is 0 Å². The molecular weight excluding hydrogens is 288 g/mol. The Morgan fingerprint density at radius 2 is 2.00 bits per heavy atom. The molecule has 2 aromatic rings. The summed E-state index contributed by atoms with van der Waals surface area (Å²) >= 11 is 0. The Kier molecular flexibility index (Phi) is 5.26. The number of pyridine rings is 1. The number of rotatable bonds is 7. The van der Waals surface area contributed by atoms with Crippen LogP contribution in [-0.2, 0) is 4.74 Å². The van der Waals surface area contributed by atoms with E-state index in [9.17, 15) is 10.1 Å². The van der Waals surface area contributed by atoms with Crippen molar-refractivity contribution < 1.29 is 19.1 Å². The SMILES string of the molecule is COCCOc1cccc(Oc2ncc([N+](=O)[O-])cc2C)c1. The molecule has 0 spiro atoms. The van der Waals surface area contributed by atoms with Crippen molar-refractivity contribution in [1.29, 1.82) is 0 Å². The summed E-state index contributed by atoms with van der Waals surface area (Å²) in [6.45, 7) is 2.64. The molecule has 0 saturated carbocycles. The maximum Gasteiger partial charge on any atom is 0.288 e. The van der Waals surface area contributed by atoms with Crippen molar-refractivity contribution in [2.45, 2.75) is 6.92 Å². The van der Waals surface area contributed by atoms with E-state index in [1.807, 2.05) is 0 Å². The summed E-state index contributed by atoms with van der Waals surface area (Å²) in [5.74, 6) is 1.51. The topological polar surface area (TPSA) is 83.7 Å². The summed E-state index contributed by atoms with van der Waals surface area (Å²) < 4.78 is 16.1. The molecule has 0 aliphatic rings. The quantitative estimate of drug-likeness (QED) is 0.444. The first-order valence-corrected chi connectivity index (χ1v) is 6.61. The second kappa shape index (κ2) is 7.37. The highest BCUT2D eigenvalue weighted by Crippen LogP contribution is 2.27. The molecule has 0 fully saturated rings. The summed E-state index contributed by atoms with van der Waals surface area (Å²) in [6, 6.07) is 8.49. The Labute approximate surface area is 127 Å². The van der Waals surface area contributed by atoms with Crippen LogP contribution in [0.1, 0.15) is 5.56 Å². The zero-order valence-corrected chi connectivity index (χ0v) is 12.3. The second-order valence-corrected chi connectivity index (χ2v) is 4.49. The third kappa shape index (κ3) is 4.16. The lowest BCUT2D eigenvalue weighted by atomic mass is 10.3. The van der Waals surface area contributed by atoms with Gasteiger partial charge in [-0.25, -0.2) is 4.98 Å². The molecule has 1 aromatic carbocycles. The van der Waals surface area contributed by atoms with Crippen molar-refractivity contribution in [3.63, 3.8) is 0 Å². The minimum atomic E-state index is -0.492. The molecule has 0 N–H and O–H groups in total. The number of nitrogens with zero attached hydrogens (tertiary/aromatic N) is 2. The number of aryl methyl sites for hydroxylation is 1. The molecule has 116 valence electrons. The summed E-state index contributed by atoms with van der Waals surface area (Å²) in [7, 11) is 1.60. The summed E-state index contributed by atoms with van der Waals surface area (Å²) in [4.78, 5) is 14.2. The van der Waals surface area contributed by atoms with Crippen LogP contribution in [0, 0.1) is 17.0 Å². The van der Waals surface area contributed by atoms with Crippen molar-refractivity contribution in [2.75, 3.05) is 20.3 Å². The highest BCUT2D eigenvalue weighted by Gasteiger charge is 2.11. The predicted molar refractivity (Wildman–Crippen MR) is 79.5 cm³/mol. The molecular formula is C15H16N2O5. The average Bonchev–Trinajstić information content (AvgIpc) is 2.50. The van der Waals surface area contributed by atoms with Gasteiger partial charge in [-0.1, -0.05) is 6.07 Å². The fourth-order valence-electron chi connectivity index (χ4n) is 1.74. The zero-order valence-electron chi connectivity index (χ0n) is 12.3. The summed E-state index contributed by atoms with van der Waals surface area (Å²) in [5.41, 5.74) is 0.515. The van der Waals surface area contributed by atoms with Crippen molar-refractivity contribution in [3.8, 4) is 17.4 Å². The van der Waals surface area contributed by atoms with Gasteiger partial charge >= 0.3 is 0 Å². The van der Waals surface area contributed by atoms with Crippen molar-refractivity contribution in [3.05, 3.63) is 52.2 Å². The van der Waals surface area contributed by atoms with Crippen LogP contribution in [0.3, 0.4) is 0 Å². The molecule has 0 bridgehead atoms. The van der Waals surface area contributed by atoms with Gasteiger partial charge < -0.3 is 14.2 Å². The number of nitro groups is 1. The van der Waals surface area contributed by atoms with Crippen LogP contribution < -0.4 is 9.47 Å². The smallest absolute Gasteiger partial charge is 0.288 e. The van der Waals surface area contributed by atoms with Crippen LogP contribution in [0.25, 0.3) is 0 Å². The summed E-state index contributed by atoms with van der Waals surface area (Å²) in [5, 5.41) is 10.7. The van der Waals surface area contributed by atoms with Gasteiger partial charge in [0, 0.05) is 24.8 Å². The van der Waals surface area contributed by atoms with E-state index in [0.29, 0.717) is 36.2 Å². The van der Waals surface area contributed by atoms with Gasteiger partial charge in [-0.3, -0.25) is 10.1 Å². The van der Waals surface area contributed by atoms with Crippen LogP contribution in [0.2, 0.25) is 0 Å². The maximum absolute atomic E-state index is 10.7. The average molecular weight is 304 g/mol. The number of methoxy groups -OCH3 is 1. The van der Waals surface area contributed by atoms with Gasteiger partial charge in [-0.15, -0.1) is 0 Å². The Morgan fingerprint density at radius 3 is 2.68 bits per heavy atom. The van der Waals surface area contributed by atoms with Crippen LogP contribution in [-0.4, -0.2) is 30.2 Å². The van der Waals surface area contributed by atoms with Gasteiger partial charge in [0.2, 0.25) is 5.88 Å². The van der Waals surface area contributed by atoms with Crippen molar-refractivity contribution >= 4 is 5.69 Å².